The molecule has 2 aromatic carbocycles. The van der Waals surface area contributed by atoms with Gasteiger partial charge in [-0.25, -0.2) is 4.98 Å². The fourth-order valence-electron chi connectivity index (χ4n) is 2.80. The Morgan fingerprint density at radius 1 is 1.11 bits per heavy atom. The van der Waals surface area contributed by atoms with Crippen molar-refractivity contribution in [1.29, 1.82) is 0 Å². The van der Waals surface area contributed by atoms with Crippen LogP contribution in [-0.2, 0) is 5.75 Å². The summed E-state index contributed by atoms with van der Waals surface area (Å²) in [6, 6.07) is 18.7. The highest BCUT2D eigenvalue weighted by Gasteiger charge is 2.16. The smallest absolute Gasteiger partial charge is 0.257 e. The SMILES string of the molecule is C[C@@H](NC(=O)c1ccccc1CSc1nc2ccccc2o1)c1ccco1. The van der Waals surface area contributed by atoms with E-state index in [4.69, 9.17) is 8.83 Å². The van der Waals surface area contributed by atoms with Crippen molar-refractivity contribution in [2.24, 2.45) is 0 Å². The first-order valence-corrected chi connectivity index (χ1v) is 9.60. The van der Waals surface area contributed by atoms with Crippen LogP contribution < -0.4 is 5.32 Å². The number of thioether (sulfide) groups is 1. The van der Waals surface area contributed by atoms with Crippen LogP contribution in [0.5, 0.6) is 0 Å². The molecule has 0 aliphatic rings. The number of carbonyl (C=O) groups is 1. The van der Waals surface area contributed by atoms with Crippen LogP contribution in [0.3, 0.4) is 0 Å². The van der Waals surface area contributed by atoms with Crippen LogP contribution in [0.15, 0.2) is 81.0 Å². The number of aromatic nitrogens is 1. The lowest BCUT2D eigenvalue weighted by molar-refractivity contribution is 0.0934. The van der Waals surface area contributed by atoms with E-state index in [1.165, 1.54) is 11.8 Å². The maximum Gasteiger partial charge on any atom is 0.257 e. The van der Waals surface area contributed by atoms with Crippen molar-refractivity contribution in [3.63, 3.8) is 0 Å². The fourth-order valence-corrected chi connectivity index (χ4v) is 3.65. The molecule has 2 heterocycles. The Kier molecular flexibility index (Phi) is 4.98. The average Bonchev–Trinajstić information content (AvgIpc) is 3.36. The van der Waals surface area contributed by atoms with Crippen molar-refractivity contribution in [2.75, 3.05) is 0 Å². The van der Waals surface area contributed by atoms with E-state index in [-0.39, 0.29) is 11.9 Å². The Bertz CT molecular complexity index is 1020. The summed E-state index contributed by atoms with van der Waals surface area (Å²) < 4.78 is 11.1. The molecular formula is C21H18N2O3S. The summed E-state index contributed by atoms with van der Waals surface area (Å²) in [7, 11) is 0. The first-order valence-electron chi connectivity index (χ1n) is 8.61. The molecule has 5 nitrogen and oxygen atoms in total. The third-order valence-electron chi connectivity index (χ3n) is 4.20. The van der Waals surface area contributed by atoms with Crippen molar-refractivity contribution in [3.05, 3.63) is 83.8 Å². The van der Waals surface area contributed by atoms with Gasteiger partial charge in [0.2, 0.25) is 0 Å². The van der Waals surface area contributed by atoms with Gasteiger partial charge in [0.25, 0.3) is 11.1 Å². The van der Waals surface area contributed by atoms with Gasteiger partial charge in [0.1, 0.15) is 11.3 Å². The molecule has 27 heavy (non-hydrogen) atoms. The molecule has 0 saturated heterocycles. The predicted molar refractivity (Wildman–Crippen MR) is 105 cm³/mol. The third kappa shape index (κ3) is 3.90. The average molecular weight is 378 g/mol. The number of para-hydroxylation sites is 2. The number of furan rings is 1. The molecule has 0 spiro atoms. The molecule has 0 fully saturated rings. The molecule has 0 aliphatic carbocycles. The van der Waals surface area contributed by atoms with Crippen LogP contribution in [0.2, 0.25) is 0 Å². The number of benzene rings is 2. The van der Waals surface area contributed by atoms with Crippen LogP contribution in [-0.4, -0.2) is 10.9 Å². The second-order valence-electron chi connectivity index (χ2n) is 6.10. The number of amides is 1. The number of fused-ring (bicyclic) bond motifs is 1. The Balaban J connectivity index is 1.48. The molecule has 1 N–H and O–H groups in total. The second-order valence-corrected chi connectivity index (χ2v) is 7.03. The van der Waals surface area contributed by atoms with Crippen molar-refractivity contribution < 1.29 is 13.6 Å². The van der Waals surface area contributed by atoms with Crippen molar-refractivity contribution in [2.45, 2.75) is 23.9 Å². The maximum absolute atomic E-state index is 12.7. The molecular weight excluding hydrogens is 360 g/mol. The highest BCUT2D eigenvalue weighted by atomic mass is 32.2. The molecule has 1 atom stereocenters. The molecule has 6 heteroatoms. The van der Waals surface area contributed by atoms with Crippen LogP contribution in [0, 0.1) is 0 Å². The van der Waals surface area contributed by atoms with E-state index in [1.807, 2.05) is 67.6 Å². The number of nitrogens with zero attached hydrogens (tertiary/aromatic N) is 1. The molecule has 0 bridgehead atoms. The lowest BCUT2D eigenvalue weighted by atomic mass is 10.1. The van der Waals surface area contributed by atoms with E-state index >= 15 is 0 Å². The highest BCUT2D eigenvalue weighted by molar-refractivity contribution is 7.98. The maximum atomic E-state index is 12.7. The van der Waals surface area contributed by atoms with Gasteiger partial charge in [0.15, 0.2) is 5.58 Å². The predicted octanol–water partition coefficient (Wildman–Crippen LogP) is 5.20. The highest BCUT2D eigenvalue weighted by Crippen LogP contribution is 2.27. The number of carbonyl (C=O) groups excluding carboxylic acids is 1. The number of hydrogen-bond donors (Lipinski definition) is 1. The van der Waals surface area contributed by atoms with E-state index in [0.717, 1.165) is 22.4 Å². The zero-order valence-electron chi connectivity index (χ0n) is 14.7. The molecule has 2 aromatic heterocycles. The van der Waals surface area contributed by atoms with Crippen LogP contribution in [0.25, 0.3) is 11.1 Å². The Morgan fingerprint density at radius 3 is 2.74 bits per heavy atom. The van der Waals surface area contributed by atoms with Gasteiger partial charge in [-0.3, -0.25) is 4.79 Å². The van der Waals surface area contributed by atoms with E-state index in [9.17, 15) is 4.79 Å². The number of rotatable bonds is 6. The van der Waals surface area contributed by atoms with Gasteiger partial charge >= 0.3 is 0 Å². The molecule has 0 unspecified atom stereocenters. The molecule has 4 aromatic rings. The minimum absolute atomic E-state index is 0.132. The van der Waals surface area contributed by atoms with E-state index in [0.29, 0.717) is 16.5 Å². The van der Waals surface area contributed by atoms with Gasteiger partial charge in [-0.05, 0) is 42.8 Å². The summed E-state index contributed by atoms with van der Waals surface area (Å²) in [6.07, 6.45) is 1.60. The zero-order valence-corrected chi connectivity index (χ0v) is 15.5. The largest absolute Gasteiger partial charge is 0.467 e. The Labute approximate surface area is 160 Å². The second kappa shape index (κ2) is 7.72. The standard InChI is InChI=1S/C21H18N2O3S/c1-14(18-11-6-12-25-18)22-20(24)16-8-3-2-7-15(16)13-27-21-23-17-9-4-5-10-19(17)26-21/h2-12,14H,13H2,1H3,(H,22,24)/t14-/m1/s1. The van der Waals surface area contributed by atoms with Gasteiger partial charge < -0.3 is 14.2 Å². The van der Waals surface area contributed by atoms with E-state index < -0.39 is 0 Å². The van der Waals surface area contributed by atoms with Crippen molar-refractivity contribution in [1.82, 2.24) is 10.3 Å². The number of oxazole rings is 1. The normalized spacial score (nSPS) is 12.2. The van der Waals surface area contributed by atoms with Crippen LogP contribution in [0.4, 0.5) is 0 Å². The summed E-state index contributed by atoms with van der Waals surface area (Å²) in [5.74, 6) is 1.18. The summed E-state index contributed by atoms with van der Waals surface area (Å²) in [5, 5.41) is 3.57. The van der Waals surface area contributed by atoms with Crippen molar-refractivity contribution in [3.8, 4) is 0 Å². The summed E-state index contributed by atoms with van der Waals surface area (Å²) >= 11 is 1.47. The van der Waals surface area contributed by atoms with Gasteiger partial charge in [-0.15, -0.1) is 0 Å². The van der Waals surface area contributed by atoms with Gasteiger partial charge in [-0.1, -0.05) is 42.1 Å². The van der Waals surface area contributed by atoms with Gasteiger partial charge in [0, 0.05) is 11.3 Å². The van der Waals surface area contributed by atoms with Crippen LogP contribution in [0.1, 0.15) is 34.6 Å². The van der Waals surface area contributed by atoms with Crippen molar-refractivity contribution >= 4 is 28.8 Å². The third-order valence-corrected chi connectivity index (χ3v) is 5.08. The number of nitrogens with one attached hydrogen (secondary N) is 1. The first-order chi connectivity index (χ1) is 13.2. The summed E-state index contributed by atoms with van der Waals surface area (Å²) in [5.41, 5.74) is 3.16. The van der Waals surface area contributed by atoms with Gasteiger partial charge in [0.05, 0.1) is 12.3 Å². The monoisotopic (exact) mass is 378 g/mol. The minimum atomic E-state index is -0.203. The molecule has 0 radical (unpaired) electrons. The van der Waals surface area contributed by atoms with Crippen LogP contribution >= 0.6 is 11.8 Å². The molecule has 4 rings (SSSR count). The lowest BCUT2D eigenvalue weighted by Gasteiger charge is -2.13. The summed E-state index contributed by atoms with van der Waals surface area (Å²) in [6.45, 7) is 1.90. The lowest BCUT2D eigenvalue weighted by Crippen LogP contribution is -2.27. The molecule has 136 valence electrons. The topological polar surface area (TPSA) is 68.3 Å². The Morgan fingerprint density at radius 2 is 1.93 bits per heavy atom. The Hall–Kier alpha value is -2.99. The zero-order chi connectivity index (χ0) is 18.6. The van der Waals surface area contributed by atoms with Gasteiger partial charge in [-0.2, -0.15) is 0 Å². The molecule has 0 saturated carbocycles. The quantitative estimate of drug-likeness (QED) is 0.467. The molecule has 1 amide bonds. The summed E-state index contributed by atoms with van der Waals surface area (Å²) in [4.78, 5) is 17.2. The fraction of sp³-hybridized carbons (Fsp3) is 0.143. The molecule has 0 aliphatic heterocycles. The van der Waals surface area contributed by atoms with E-state index in [2.05, 4.69) is 10.3 Å². The first kappa shape index (κ1) is 17.4. The number of hydrogen-bond acceptors (Lipinski definition) is 5. The minimum Gasteiger partial charge on any atom is -0.467 e. The van der Waals surface area contributed by atoms with E-state index in [1.54, 1.807) is 6.26 Å².